The van der Waals surface area contributed by atoms with E-state index in [0.29, 0.717) is 12.2 Å². The van der Waals surface area contributed by atoms with Gasteiger partial charge in [-0.25, -0.2) is 0 Å². The Balaban J connectivity index is 2.02. The molecule has 21 heavy (non-hydrogen) atoms. The highest BCUT2D eigenvalue weighted by Gasteiger charge is 2.26. The van der Waals surface area contributed by atoms with Gasteiger partial charge in [0.05, 0.1) is 5.69 Å². The summed E-state index contributed by atoms with van der Waals surface area (Å²) in [7, 11) is 0. The first-order valence-electron chi connectivity index (χ1n) is 6.72. The van der Waals surface area contributed by atoms with Crippen LogP contribution in [-0.4, -0.2) is 27.8 Å². The Morgan fingerprint density at radius 2 is 1.81 bits per heavy atom. The lowest BCUT2D eigenvalue weighted by Gasteiger charge is -2.30. The van der Waals surface area contributed by atoms with Crippen LogP contribution in [0.3, 0.4) is 0 Å². The molecule has 0 saturated carbocycles. The summed E-state index contributed by atoms with van der Waals surface area (Å²) < 4.78 is 0. The summed E-state index contributed by atoms with van der Waals surface area (Å²) >= 11 is 0. The van der Waals surface area contributed by atoms with E-state index in [9.17, 15) is 20.1 Å². The van der Waals surface area contributed by atoms with Crippen LogP contribution in [0.2, 0.25) is 0 Å². The van der Waals surface area contributed by atoms with E-state index in [0.717, 1.165) is 18.4 Å². The number of phenolic OH excluding ortho intramolecular Hbond substituents is 3. The third-order valence-corrected chi connectivity index (χ3v) is 3.66. The van der Waals surface area contributed by atoms with E-state index in [1.54, 1.807) is 12.1 Å². The van der Waals surface area contributed by atoms with Crippen molar-refractivity contribution in [3.8, 4) is 17.2 Å². The van der Waals surface area contributed by atoms with Crippen LogP contribution in [0.5, 0.6) is 17.2 Å². The molecule has 0 radical (unpaired) electrons. The second-order valence-corrected chi connectivity index (χ2v) is 5.05. The van der Waals surface area contributed by atoms with Crippen molar-refractivity contribution in [2.24, 2.45) is 0 Å². The first-order valence-corrected chi connectivity index (χ1v) is 6.72. The van der Waals surface area contributed by atoms with Crippen molar-refractivity contribution in [1.82, 2.24) is 0 Å². The fourth-order valence-electron chi connectivity index (χ4n) is 2.65. The van der Waals surface area contributed by atoms with E-state index in [1.165, 1.54) is 23.1 Å². The van der Waals surface area contributed by atoms with Crippen LogP contribution in [0.25, 0.3) is 0 Å². The number of hydrogen-bond donors (Lipinski definition) is 3. The number of phenols is 3. The minimum atomic E-state index is -0.338. The maximum Gasteiger partial charge on any atom is 0.258 e. The first-order chi connectivity index (χ1) is 10.1. The van der Waals surface area contributed by atoms with Gasteiger partial charge in [-0.05, 0) is 42.7 Å². The minimum Gasteiger partial charge on any atom is -0.506 e. The molecule has 1 aliphatic rings. The average Bonchev–Trinajstić information content (AvgIpc) is 2.49. The lowest BCUT2D eigenvalue weighted by molar-refractivity contribution is 0.0984. The number of amides is 1. The molecule has 0 spiro atoms. The van der Waals surface area contributed by atoms with E-state index in [4.69, 9.17) is 0 Å². The van der Waals surface area contributed by atoms with Crippen molar-refractivity contribution < 1.29 is 20.1 Å². The monoisotopic (exact) mass is 285 g/mol. The molecule has 0 aliphatic carbocycles. The van der Waals surface area contributed by atoms with Gasteiger partial charge in [0.2, 0.25) is 0 Å². The zero-order valence-electron chi connectivity index (χ0n) is 11.3. The smallest absolute Gasteiger partial charge is 0.258 e. The summed E-state index contributed by atoms with van der Waals surface area (Å²) in [6.07, 6.45) is 1.63. The number of benzene rings is 2. The molecule has 0 saturated heterocycles. The highest BCUT2D eigenvalue weighted by molar-refractivity contribution is 6.07. The van der Waals surface area contributed by atoms with Gasteiger partial charge in [-0.1, -0.05) is 12.1 Å². The van der Waals surface area contributed by atoms with Gasteiger partial charge in [-0.15, -0.1) is 0 Å². The molecule has 0 bridgehead atoms. The first kappa shape index (κ1) is 13.3. The molecule has 3 rings (SSSR count). The number of anilines is 1. The highest BCUT2D eigenvalue weighted by atomic mass is 16.3. The van der Waals surface area contributed by atoms with E-state index in [1.807, 2.05) is 6.07 Å². The molecule has 1 heterocycles. The molecule has 1 aliphatic heterocycles. The summed E-state index contributed by atoms with van der Waals surface area (Å²) in [5.74, 6) is -0.847. The number of para-hydroxylation sites is 1. The Labute approximate surface area is 121 Å². The zero-order valence-corrected chi connectivity index (χ0v) is 11.3. The molecule has 3 N–H and O–H groups in total. The van der Waals surface area contributed by atoms with Crippen LogP contribution in [-0.2, 0) is 6.42 Å². The van der Waals surface area contributed by atoms with Crippen LogP contribution >= 0.6 is 0 Å². The van der Waals surface area contributed by atoms with Gasteiger partial charge in [-0.2, -0.15) is 0 Å². The molecule has 0 atom stereocenters. The van der Waals surface area contributed by atoms with Crippen LogP contribution in [0.15, 0.2) is 36.4 Å². The number of rotatable bonds is 1. The topological polar surface area (TPSA) is 81.0 Å². The van der Waals surface area contributed by atoms with Crippen molar-refractivity contribution in [2.45, 2.75) is 12.8 Å². The minimum absolute atomic E-state index is 0.0727. The molecule has 0 fully saturated rings. The summed E-state index contributed by atoms with van der Waals surface area (Å²) in [6.45, 7) is 0.505. The number of aromatic hydroxyl groups is 3. The van der Waals surface area contributed by atoms with E-state index in [-0.39, 0.29) is 28.7 Å². The second-order valence-electron chi connectivity index (χ2n) is 5.05. The fourth-order valence-corrected chi connectivity index (χ4v) is 2.65. The molecular weight excluding hydrogens is 270 g/mol. The zero-order chi connectivity index (χ0) is 15.0. The van der Waals surface area contributed by atoms with Crippen LogP contribution in [0.1, 0.15) is 22.3 Å². The quantitative estimate of drug-likeness (QED) is 0.703. The van der Waals surface area contributed by atoms with Gasteiger partial charge in [0, 0.05) is 12.1 Å². The van der Waals surface area contributed by atoms with Crippen molar-refractivity contribution in [2.75, 3.05) is 11.4 Å². The van der Waals surface area contributed by atoms with E-state index in [2.05, 4.69) is 0 Å². The molecule has 2 aromatic rings. The third kappa shape index (κ3) is 2.27. The Bertz CT molecular complexity index is 711. The molecule has 0 aromatic heterocycles. The largest absolute Gasteiger partial charge is 0.506 e. The van der Waals surface area contributed by atoms with Gasteiger partial charge >= 0.3 is 0 Å². The Hall–Kier alpha value is -2.69. The highest BCUT2D eigenvalue weighted by Crippen LogP contribution is 2.36. The number of hydrogen-bond acceptors (Lipinski definition) is 4. The standard InChI is InChI=1S/C16H15NO4/c18-12-7-6-11(9-14(12)20)16(21)17-8-2-4-10-3-1-5-13(19)15(10)17/h1,3,5-7,9,18-20H,2,4,8H2. The normalized spacial score (nSPS) is 13.8. The van der Waals surface area contributed by atoms with Gasteiger partial charge in [0.25, 0.3) is 5.91 Å². The van der Waals surface area contributed by atoms with Crippen LogP contribution < -0.4 is 4.90 Å². The molecule has 1 amide bonds. The van der Waals surface area contributed by atoms with Gasteiger partial charge in [-0.3, -0.25) is 4.79 Å². The summed E-state index contributed by atoms with van der Waals surface area (Å²) in [5.41, 5.74) is 1.72. The number of nitrogens with zero attached hydrogens (tertiary/aromatic N) is 1. The predicted molar refractivity (Wildman–Crippen MR) is 77.9 cm³/mol. The predicted octanol–water partition coefficient (Wildman–Crippen LogP) is 2.40. The lowest BCUT2D eigenvalue weighted by atomic mass is 10.00. The molecule has 0 unspecified atom stereocenters. The van der Waals surface area contributed by atoms with Gasteiger partial charge < -0.3 is 20.2 Å². The average molecular weight is 285 g/mol. The maximum absolute atomic E-state index is 12.6. The summed E-state index contributed by atoms with van der Waals surface area (Å²) in [4.78, 5) is 14.1. The van der Waals surface area contributed by atoms with Gasteiger partial charge in [0.15, 0.2) is 11.5 Å². The van der Waals surface area contributed by atoms with Crippen molar-refractivity contribution in [3.63, 3.8) is 0 Å². The van der Waals surface area contributed by atoms with Crippen LogP contribution in [0, 0.1) is 0 Å². The van der Waals surface area contributed by atoms with Crippen LogP contribution in [0.4, 0.5) is 5.69 Å². The second kappa shape index (κ2) is 5.01. The number of carbonyl (C=O) groups is 1. The van der Waals surface area contributed by atoms with E-state index < -0.39 is 0 Å². The molecule has 5 heteroatoms. The summed E-state index contributed by atoms with van der Waals surface area (Å²) in [5, 5.41) is 28.9. The fraction of sp³-hybridized carbons (Fsp3) is 0.188. The third-order valence-electron chi connectivity index (χ3n) is 3.66. The van der Waals surface area contributed by atoms with Crippen molar-refractivity contribution in [1.29, 1.82) is 0 Å². The lowest BCUT2D eigenvalue weighted by Crippen LogP contribution is -2.35. The Kier molecular flexibility index (Phi) is 3.17. The number of carbonyl (C=O) groups excluding carboxylic acids is 1. The van der Waals surface area contributed by atoms with Crippen molar-refractivity contribution in [3.05, 3.63) is 47.5 Å². The Morgan fingerprint density at radius 1 is 1.00 bits per heavy atom. The molecule has 5 nitrogen and oxygen atoms in total. The number of aryl methyl sites for hydroxylation is 1. The Morgan fingerprint density at radius 3 is 2.57 bits per heavy atom. The molecule has 2 aromatic carbocycles. The molecular formula is C16H15NO4. The van der Waals surface area contributed by atoms with Gasteiger partial charge in [0.1, 0.15) is 5.75 Å². The summed E-state index contributed by atoms with van der Waals surface area (Å²) in [6, 6.07) is 9.16. The van der Waals surface area contributed by atoms with E-state index >= 15 is 0 Å². The molecule has 108 valence electrons. The SMILES string of the molecule is O=C(c1ccc(O)c(O)c1)N1CCCc2cccc(O)c21. The van der Waals surface area contributed by atoms with Crippen molar-refractivity contribution >= 4 is 11.6 Å². The number of fused-ring (bicyclic) bond motifs is 1. The maximum atomic E-state index is 12.6.